The van der Waals surface area contributed by atoms with Crippen molar-refractivity contribution in [2.75, 3.05) is 6.54 Å². The van der Waals surface area contributed by atoms with Crippen LogP contribution in [0.25, 0.3) is 0 Å². The van der Waals surface area contributed by atoms with Crippen LogP contribution in [0, 0.1) is 11.3 Å². The normalized spacial score (nSPS) is 23.4. The van der Waals surface area contributed by atoms with Crippen LogP contribution in [-0.4, -0.2) is 16.7 Å². The van der Waals surface area contributed by atoms with Gasteiger partial charge in [-0.15, -0.1) is 0 Å². The van der Waals surface area contributed by atoms with E-state index in [9.17, 15) is 0 Å². The van der Waals surface area contributed by atoms with Gasteiger partial charge in [0.25, 0.3) is 0 Å². The Kier molecular flexibility index (Phi) is 5.80. The molecule has 0 amide bonds. The van der Waals surface area contributed by atoms with Gasteiger partial charge in [0.1, 0.15) is 0 Å². The van der Waals surface area contributed by atoms with Crippen LogP contribution >= 0.6 is 0 Å². The maximum atomic E-state index is 5.66. The van der Waals surface area contributed by atoms with E-state index in [2.05, 4.69) is 30.9 Å². The molecule has 0 spiro atoms. The van der Waals surface area contributed by atoms with Crippen molar-refractivity contribution >= 4 is 0 Å². The first-order valence-electron chi connectivity index (χ1n) is 8.56. The van der Waals surface area contributed by atoms with E-state index in [-0.39, 0.29) is 5.41 Å². The molecule has 0 radical (unpaired) electrons. The van der Waals surface area contributed by atoms with E-state index in [1.165, 1.54) is 32.1 Å². The van der Waals surface area contributed by atoms with E-state index in [0.717, 1.165) is 43.4 Å². The number of hydrogen-bond donors (Lipinski definition) is 1. The van der Waals surface area contributed by atoms with Gasteiger partial charge in [0, 0.05) is 12.3 Å². The van der Waals surface area contributed by atoms with E-state index < -0.39 is 0 Å². The Hall–Kier alpha value is -0.900. The van der Waals surface area contributed by atoms with E-state index in [4.69, 9.17) is 10.3 Å². The Morgan fingerprint density at radius 1 is 1.19 bits per heavy atom. The summed E-state index contributed by atoms with van der Waals surface area (Å²) in [4.78, 5) is 4.64. The molecule has 1 aromatic rings. The zero-order valence-electron chi connectivity index (χ0n) is 13.9. The fourth-order valence-corrected chi connectivity index (χ4v) is 3.33. The second kappa shape index (κ2) is 7.39. The fraction of sp³-hybridized carbons (Fsp3) is 0.882. The molecule has 0 unspecified atom stereocenters. The quantitative estimate of drug-likeness (QED) is 0.823. The molecule has 0 atom stereocenters. The molecule has 2 rings (SSSR count). The van der Waals surface area contributed by atoms with E-state index in [1.807, 2.05) is 0 Å². The number of aromatic nitrogens is 2. The molecule has 2 N–H and O–H groups in total. The van der Waals surface area contributed by atoms with Crippen LogP contribution < -0.4 is 5.73 Å². The molecule has 21 heavy (non-hydrogen) atoms. The van der Waals surface area contributed by atoms with Gasteiger partial charge in [-0.1, -0.05) is 32.3 Å². The molecule has 1 aliphatic rings. The smallest absolute Gasteiger partial charge is 0.226 e. The van der Waals surface area contributed by atoms with Crippen molar-refractivity contribution < 1.29 is 4.52 Å². The molecule has 0 saturated heterocycles. The van der Waals surface area contributed by atoms with Gasteiger partial charge in [-0.25, -0.2) is 0 Å². The number of nitrogens with zero attached hydrogens (tertiary/aromatic N) is 2. The summed E-state index contributed by atoms with van der Waals surface area (Å²) >= 11 is 0. The van der Waals surface area contributed by atoms with Crippen molar-refractivity contribution in [3.63, 3.8) is 0 Å². The minimum Gasteiger partial charge on any atom is -0.339 e. The number of hydrogen-bond acceptors (Lipinski definition) is 4. The minimum atomic E-state index is 0.253. The Morgan fingerprint density at radius 3 is 2.52 bits per heavy atom. The molecule has 0 aromatic carbocycles. The van der Waals surface area contributed by atoms with Crippen LogP contribution in [0.15, 0.2) is 4.52 Å². The van der Waals surface area contributed by atoms with Crippen molar-refractivity contribution in [1.82, 2.24) is 10.1 Å². The summed E-state index contributed by atoms with van der Waals surface area (Å²) in [5.74, 6) is 3.16. The highest BCUT2D eigenvalue weighted by Gasteiger charge is 2.25. The second-order valence-electron chi connectivity index (χ2n) is 7.38. The van der Waals surface area contributed by atoms with Crippen molar-refractivity contribution in [3.05, 3.63) is 11.7 Å². The predicted molar refractivity (Wildman–Crippen MR) is 85.1 cm³/mol. The van der Waals surface area contributed by atoms with Gasteiger partial charge in [0.2, 0.25) is 5.89 Å². The summed E-state index contributed by atoms with van der Waals surface area (Å²) in [6, 6.07) is 0. The Balaban J connectivity index is 1.84. The number of rotatable bonds is 7. The summed E-state index contributed by atoms with van der Waals surface area (Å²) in [6.45, 7) is 7.54. The molecule has 120 valence electrons. The number of nitrogens with two attached hydrogens (primary N) is 1. The molecule has 1 heterocycles. The number of aryl methyl sites for hydroxylation is 1. The molecular weight excluding hydrogens is 262 g/mol. The highest BCUT2D eigenvalue weighted by Crippen LogP contribution is 2.36. The van der Waals surface area contributed by atoms with Crippen LogP contribution in [0.1, 0.15) is 83.3 Å². The molecule has 1 aromatic heterocycles. The van der Waals surface area contributed by atoms with Crippen molar-refractivity contribution in [2.24, 2.45) is 17.1 Å². The maximum Gasteiger partial charge on any atom is 0.226 e. The minimum absolute atomic E-state index is 0.253. The third kappa shape index (κ3) is 4.80. The van der Waals surface area contributed by atoms with Crippen LogP contribution in [0.2, 0.25) is 0 Å². The first-order valence-corrected chi connectivity index (χ1v) is 8.56. The van der Waals surface area contributed by atoms with Crippen LogP contribution in [0.3, 0.4) is 0 Å². The molecule has 1 fully saturated rings. The van der Waals surface area contributed by atoms with Gasteiger partial charge in [-0.05, 0) is 56.4 Å². The van der Waals surface area contributed by atoms with Gasteiger partial charge in [0.15, 0.2) is 5.82 Å². The van der Waals surface area contributed by atoms with Gasteiger partial charge in [-0.2, -0.15) is 4.98 Å². The molecule has 1 saturated carbocycles. The topological polar surface area (TPSA) is 64.9 Å². The summed E-state index contributed by atoms with van der Waals surface area (Å²) in [6.07, 6.45) is 9.32. The first kappa shape index (κ1) is 16.5. The molecule has 4 heteroatoms. The summed E-state index contributed by atoms with van der Waals surface area (Å²) in [5, 5.41) is 4.23. The average Bonchev–Trinajstić information content (AvgIpc) is 2.94. The lowest BCUT2D eigenvalue weighted by Gasteiger charge is -2.25. The lowest BCUT2D eigenvalue weighted by molar-refractivity contribution is 0.285. The Labute approximate surface area is 128 Å². The summed E-state index contributed by atoms with van der Waals surface area (Å²) < 4.78 is 5.45. The van der Waals surface area contributed by atoms with Crippen molar-refractivity contribution in [3.8, 4) is 0 Å². The van der Waals surface area contributed by atoms with E-state index in [0.29, 0.717) is 5.92 Å². The van der Waals surface area contributed by atoms with Gasteiger partial charge in [-0.3, -0.25) is 0 Å². The monoisotopic (exact) mass is 293 g/mol. The lowest BCUT2D eigenvalue weighted by atomic mass is 9.80. The fourth-order valence-electron chi connectivity index (χ4n) is 3.33. The molecule has 0 bridgehead atoms. The molecule has 1 aliphatic carbocycles. The van der Waals surface area contributed by atoms with Crippen LogP contribution in [0.5, 0.6) is 0 Å². The third-order valence-corrected chi connectivity index (χ3v) is 5.11. The summed E-state index contributed by atoms with van der Waals surface area (Å²) in [7, 11) is 0. The van der Waals surface area contributed by atoms with Crippen molar-refractivity contribution in [2.45, 2.75) is 78.1 Å². The third-order valence-electron chi connectivity index (χ3n) is 5.11. The van der Waals surface area contributed by atoms with Gasteiger partial charge >= 0.3 is 0 Å². The van der Waals surface area contributed by atoms with E-state index in [1.54, 1.807) is 0 Å². The Morgan fingerprint density at radius 2 is 1.90 bits per heavy atom. The standard InChI is InChI=1S/C17H31N3O/c1-4-13-5-7-14(8-6-13)16-19-15(21-20-16)9-10-17(2,3)11-12-18/h13-14H,4-12,18H2,1-3H3. The SMILES string of the molecule is CCC1CCC(c2noc(CCC(C)(C)CCN)n2)CC1. The Bertz CT molecular complexity index is 419. The molecular formula is C17H31N3O. The van der Waals surface area contributed by atoms with Gasteiger partial charge in [0.05, 0.1) is 0 Å². The van der Waals surface area contributed by atoms with E-state index >= 15 is 0 Å². The zero-order valence-corrected chi connectivity index (χ0v) is 13.9. The first-order chi connectivity index (χ1) is 10.0. The summed E-state index contributed by atoms with van der Waals surface area (Å²) in [5.41, 5.74) is 5.91. The predicted octanol–water partition coefficient (Wildman–Crippen LogP) is 4.06. The largest absolute Gasteiger partial charge is 0.339 e. The van der Waals surface area contributed by atoms with Crippen LogP contribution in [0.4, 0.5) is 0 Å². The zero-order chi connectivity index (χ0) is 15.3. The highest BCUT2D eigenvalue weighted by molar-refractivity contribution is 4.98. The van der Waals surface area contributed by atoms with Gasteiger partial charge < -0.3 is 10.3 Å². The second-order valence-corrected chi connectivity index (χ2v) is 7.38. The molecule has 4 nitrogen and oxygen atoms in total. The highest BCUT2D eigenvalue weighted by atomic mass is 16.5. The van der Waals surface area contributed by atoms with Crippen molar-refractivity contribution in [1.29, 1.82) is 0 Å². The maximum absolute atomic E-state index is 5.66. The average molecular weight is 293 g/mol. The molecule has 0 aliphatic heterocycles. The lowest BCUT2D eigenvalue weighted by Crippen LogP contribution is -2.18. The van der Waals surface area contributed by atoms with Crippen LogP contribution in [-0.2, 0) is 6.42 Å².